The molecule has 0 unspecified atom stereocenters. The zero-order valence-electron chi connectivity index (χ0n) is 10.6. The first-order valence-electron chi connectivity index (χ1n) is 5.47. The van der Waals surface area contributed by atoms with Gasteiger partial charge in [0.05, 0.1) is 5.69 Å². The number of nitrogens with zero attached hydrogens (tertiary/aromatic N) is 2. The minimum atomic E-state index is 0.167. The lowest BCUT2D eigenvalue weighted by Gasteiger charge is -2.14. The topological polar surface area (TPSA) is 17.8 Å². The van der Waals surface area contributed by atoms with Crippen molar-refractivity contribution in [3.8, 4) is 0 Å². The zero-order chi connectivity index (χ0) is 11.4. The van der Waals surface area contributed by atoms with Gasteiger partial charge in [-0.05, 0) is 19.9 Å². The molecule has 0 fully saturated rings. The predicted octanol–water partition coefficient (Wildman–Crippen LogP) is 3.79. The minimum absolute atomic E-state index is 0.167. The summed E-state index contributed by atoms with van der Waals surface area (Å²) in [6.07, 6.45) is 2.05. The largest absolute Gasteiger partial charge is 0.270 e. The first-order valence-corrected chi connectivity index (χ1v) is 5.47. The van der Waals surface area contributed by atoms with Gasteiger partial charge in [-0.25, -0.2) is 0 Å². The fraction of sp³-hybridized carbons (Fsp3) is 0.750. The highest BCUT2D eigenvalue weighted by Gasteiger charge is 2.16. The Morgan fingerprint density at radius 2 is 1.71 bits per heavy atom. The molecule has 0 aliphatic heterocycles. The Morgan fingerprint density at radius 3 is 1.93 bits per heavy atom. The molecule has 1 aromatic rings. The summed E-state index contributed by atoms with van der Waals surface area (Å²) >= 11 is 0. The van der Waals surface area contributed by atoms with Crippen molar-refractivity contribution in [2.24, 2.45) is 0 Å². The molecule has 0 saturated carbocycles. The Balaban J connectivity index is 0.000000791. The lowest BCUT2D eigenvalue weighted by molar-refractivity contribution is 0.495. The molecular weight excluding hydrogens is 172 g/mol. The van der Waals surface area contributed by atoms with Crippen molar-refractivity contribution in [3.63, 3.8) is 0 Å². The standard InChI is InChI=1S/C10H18N2.C2H6/c1-8(2)12-7-6-9(11-12)10(3,4)5;1-2/h6-8H,1-5H3;1-2H3. The van der Waals surface area contributed by atoms with Crippen LogP contribution in [0.3, 0.4) is 0 Å². The lowest BCUT2D eigenvalue weighted by Crippen LogP contribution is -2.13. The summed E-state index contributed by atoms with van der Waals surface area (Å²) in [5, 5.41) is 4.50. The zero-order valence-corrected chi connectivity index (χ0v) is 10.6. The SMILES string of the molecule is CC.CC(C)n1ccc(C(C)(C)C)n1. The molecule has 0 atom stereocenters. The Kier molecular flexibility index (Phi) is 4.89. The van der Waals surface area contributed by atoms with Crippen LogP contribution in [0.4, 0.5) is 0 Å². The van der Waals surface area contributed by atoms with Gasteiger partial charge < -0.3 is 0 Å². The first kappa shape index (κ1) is 13.2. The average Bonchev–Trinajstić information content (AvgIpc) is 2.54. The van der Waals surface area contributed by atoms with E-state index in [1.807, 2.05) is 24.7 Å². The Morgan fingerprint density at radius 1 is 1.21 bits per heavy atom. The summed E-state index contributed by atoms with van der Waals surface area (Å²) in [7, 11) is 0. The Bertz CT molecular complexity index is 254. The van der Waals surface area contributed by atoms with Crippen molar-refractivity contribution in [3.05, 3.63) is 18.0 Å². The van der Waals surface area contributed by atoms with Crippen molar-refractivity contribution in [2.45, 2.75) is 59.9 Å². The third-order valence-electron chi connectivity index (χ3n) is 1.91. The quantitative estimate of drug-likeness (QED) is 0.668. The van der Waals surface area contributed by atoms with Gasteiger partial charge in [-0.3, -0.25) is 4.68 Å². The molecule has 2 heteroatoms. The van der Waals surface area contributed by atoms with E-state index >= 15 is 0 Å². The number of aromatic nitrogens is 2. The molecule has 1 rings (SSSR count). The van der Waals surface area contributed by atoms with Gasteiger partial charge in [-0.15, -0.1) is 0 Å². The van der Waals surface area contributed by atoms with E-state index in [1.54, 1.807) is 0 Å². The summed E-state index contributed by atoms with van der Waals surface area (Å²) < 4.78 is 2.00. The van der Waals surface area contributed by atoms with E-state index < -0.39 is 0 Å². The fourth-order valence-electron chi connectivity index (χ4n) is 1.03. The number of rotatable bonds is 1. The molecule has 1 heterocycles. The minimum Gasteiger partial charge on any atom is -0.270 e. The van der Waals surface area contributed by atoms with Crippen LogP contribution in [0.5, 0.6) is 0 Å². The highest BCUT2D eigenvalue weighted by molar-refractivity contribution is 5.10. The molecule has 0 amide bonds. The van der Waals surface area contributed by atoms with Crippen LogP contribution in [-0.2, 0) is 5.41 Å². The van der Waals surface area contributed by atoms with Gasteiger partial charge >= 0.3 is 0 Å². The molecule has 0 aromatic carbocycles. The van der Waals surface area contributed by atoms with Crippen LogP contribution >= 0.6 is 0 Å². The van der Waals surface area contributed by atoms with Crippen molar-refractivity contribution in [2.75, 3.05) is 0 Å². The smallest absolute Gasteiger partial charge is 0.0678 e. The average molecular weight is 196 g/mol. The van der Waals surface area contributed by atoms with Crippen LogP contribution in [0.2, 0.25) is 0 Å². The second kappa shape index (κ2) is 5.18. The van der Waals surface area contributed by atoms with Gasteiger partial charge in [0.25, 0.3) is 0 Å². The highest BCUT2D eigenvalue weighted by atomic mass is 15.3. The fourth-order valence-corrected chi connectivity index (χ4v) is 1.03. The van der Waals surface area contributed by atoms with Gasteiger partial charge in [0.2, 0.25) is 0 Å². The summed E-state index contributed by atoms with van der Waals surface area (Å²) in [5.41, 5.74) is 1.33. The molecule has 0 aliphatic carbocycles. The molecule has 0 aliphatic rings. The predicted molar refractivity (Wildman–Crippen MR) is 62.7 cm³/mol. The first-order chi connectivity index (χ1) is 6.41. The molecule has 0 spiro atoms. The molecule has 0 saturated heterocycles. The number of hydrogen-bond acceptors (Lipinski definition) is 1. The maximum atomic E-state index is 4.50. The van der Waals surface area contributed by atoms with Crippen LogP contribution in [-0.4, -0.2) is 9.78 Å². The molecule has 0 N–H and O–H groups in total. The van der Waals surface area contributed by atoms with Crippen LogP contribution in [0.25, 0.3) is 0 Å². The molecule has 1 aromatic heterocycles. The summed E-state index contributed by atoms with van der Waals surface area (Å²) in [5.74, 6) is 0. The Hall–Kier alpha value is -0.790. The van der Waals surface area contributed by atoms with E-state index in [-0.39, 0.29) is 5.41 Å². The maximum Gasteiger partial charge on any atom is 0.0678 e. The van der Waals surface area contributed by atoms with Crippen molar-refractivity contribution in [1.29, 1.82) is 0 Å². The number of hydrogen-bond donors (Lipinski definition) is 0. The van der Waals surface area contributed by atoms with Crippen LogP contribution in [0.1, 0.15) is 60.2 Å². The van der Waals surface area contributed by atoms with Crippen LogP contribution in [0.15, 0.2) is 12.3 Å². The van der Waals surface area contributed by atoms with Gasteiger partial charge in [0.15, 0.2) is 0 Å². The van der Waals surface area contributed by atoms with E-state index in [9.17, 15) is 0 Å². The summed E-state index contributed by atoms with van der Waals surface area (Å²) in [6.45, 7) is 14.8. The monoisotopic (exact) mass is 196 g/mol. The molecule has 0 bridgehead atoms. The van der Waals surface area contributed by atoms with E-state index in [0.717, 1.165) is 5.69 Å². The van der Waals surface area contributed by atoms with Gasteiger partial charge in [-0.1, -0.05) is 34.6 Å². The van der Waals surface area contributed by atoms with Crippen molar-refractivity contribution < 1.29 is 0 Å². The molecule has 2 nitrogen and oxygen atoms in total. The summed E-state index contributed by atoms with van der Waals surface area (Å²) in [6, 6.07) is 2.56. The maximum absolute atomic E-state index is 4.50. The lowest BCUT2D eigenvalue weighted by atomic mass is 9.93. The third-order valence-corrected chi connectivity index (χ3v) is 1.91. The molecule has 0 radical (unpaired) electrons. The van der Waals surface area contributed by atoms with Gasteiger partial charge in [0, 0.05) is 17.7 Å². The Labute approximate surface area is 88.3 Å². The second-order valence-electron chi connectivity index (χ2n) is 4.52. The molecular formula is C12H24N2. The molecule has 14 heavy (non-hydrogen) atoms. The van der Waals surface area contributed by atoms with Crippen LogP contribution in [0, 0.1) is 0 Å². The van der Waals surface area contributed by atoms with E-state index in [0.29, 0.717) is 6.04 Å². The second-order valence-corrected chi connectivity index (χ2v) is 4.52. The van der Waals surface area contributed by atoms with Gasteiger partial charge in [-0.2, -0.15) is 5.10 Å². The van der Waals surface area contributed by atoms with Crippen LogP contribution < -0.4 is 0 Å². The van der Waals surface area contributed by atoms with Crippen molar-refractivity contribution >= 4 is 0 Å². The molecule has 82 valence electrons. The van der Waals surface area contributed by atoms with E-state index in [1.165, 1.54) is 0 Å². The van der Waals surface area contributed by atoms with E-state index in [4.69, 9.17) is 0 Å². The summed E-state index contributed by atoms with van der Waals surface area (Å²) in [4.78, 5) is 0. The van der Waals surface area contributed by atoms with Crippen molar-refractivity contribution in [1.82, 2.24) is 9.78 Å². The normalized spacial score (nSPS) is 11.1. The van der Waals surface area contributed by atoms with E-state index in [2.05, 4.69) is 45.8 Å². The third kappa shape index (κ3) is 3.52. The highest BCUT2D eigenvalue weighted by Crippen LogP contribution is 2.20. The van der Waals surface area contributed by atoms with Gasteiger partial charge in [0.1, 0.15) is 0 Å².